The first-order valence-electron chi connectivity index (χ1n) is 6.74. The number of thiazole rings is 1. The van der Waals surface area contributed by atoms with Gasteiger partial charge in [-0.25, -0.2) is 4.98 Å². The van der Waals surface area contributed by atoms with Gasteiger partial charge in [-0.05, 0) is 25.3 Å². The third kappa shape index (κ3) is 6.78. The number of allylic oxidation sites excluding steroid dienone is 2. The molecule has 0 aliphatic carbocycles. The van der Waals surface area contributed by atoms with Gasteiger partial charge in [-0.3, -0.25) is 0 Å². The summed E-state index contributed by atoms with van der Waals surface area (Å²) in [4.78, 5) is 7.48. The van der Waals surface area contributed by atoms with E-state index >= 15 is 0 Å². The van der Waals surface area contributed by atoms with Gasteiger partial charge in [-0.2, -0.15) is 0 Å². The summed E-state index contributed by atoms with van der Waals surface area (Å²) in [6.45, 7) is 12.3. The Balaban J connectivity index is 2.71. The number of aromatic nitrogens is 1. The molecule has 0 N–H and O–H groups in total. The Bertz CT molecular complexity index is 452. The van der Waals surface area contributed by atoms with Crippen molar-refractivity contribution in [3.8, 4) is 0 Å². The maximum absolute atomic E-state index is 5.95. The molecule has 1 atom stereocenters. The van der Waals surface area contributed by atoms with Gasteiger partial charge in [0, 0.05) is 28.7 Å². The van der Waals surface area contributed by atoms with E-state index in [1.807, 2.05) is 25.3 Å². The molecular formula is C15H22Cl2N2S. The predicted octanol–water partition coefficient (Wildman–Crippen LogP) is 5.34. The van der Waals surface area contributed by atoms with Crippen LogP contribution in [0.25, 0.3) is 0 Å². The Morgan fingerprint density at radius 2 is 2.20 bits per heavy atom. The van der Waals surface area contributed by atoms with E-state index in [0.717, 1.165) is 30.1 Å². The van der Waals surface area contributed by atoms with Gasteiger partial charge in [-0.1, -0.05) is 38.1 Å². The van der Waals surface area contributed by atoms with E-state index in [4.69, 9.17) is 23.2 Å². The Labute approximate surface area is 136 Å². The largest absolute Gasteiger partial charge is 0.367 e. The maximum Gasteiger partial charge on any atom is 0.183 e. The quantitative estimate of drug-likeness (QED) is 0.471. The van der Waals surface area contributed by atoms with Crippen molar-refractivity contribution in [2.75, 3.05) is 6.54 Å². The molecule has 2 nitrogen and oxygen atoms in total. The molecule has 0 aliphatic rings. The molecule has 0 amide bonds. The minimum absolute atomic E-state index is 0.0107. The molecule has 0 fully saturated rings. The second-order valence-electron chi connectivity index (χ2n) is 5.21. The van der Waals surface area contributed by atoms with Crippen molar-refractivity contribution >= 4 is 34.5 Å². The molecule has 0 aromatic carbocycles. The molecule has 1 aromatic rings. The Morgan fingerprint density at radius 1 is 1.50 bits per heavy atom. The first-order chi connectivity index (χ1) is 9.38. The van der Waals surface area contributed by atoms with Crippen LogP contribution in [-0.2, 0) is 6.54 Å². The molecule has 20 heavy (non-hydrogen) atoms. The van der Waals surface area contributed by atoms with Crippen molar-refractivity contribution in [1.29, 1.82) is 0 Å². The van der Waals surface area contributed by atoms with Gasteiger partial charge < -0.3 is 4.90 Å². The highest BCUT2D eigenvalue weighted by Gasteiger charge is 2.10. The van der Waals surface area contributed by atoms with E-state index in [-0.39, 0.29) is 5.38 Å². The number of halogens is 2. The standard InChI is InChI=1S/C15H22Cl2N2S/c1-11(2)7-8-19(13(4)6-5-12(3)16)10-14-9-18-15(17)20-14/h5-6,9,11-12H,4,7-8,10H2,1-3H3/b6-5+. The van der Waals surface area contributed by atoms with Crippen molar-refractivity contribution in [1.82, 2.24) is 9.88 Å². The van der Waals surface area contributed by atoms with Crippen molar-refractivity contribution in [2.45, 2.75) is 39.1 Å². The third-order valence-electron chi connectivity index (χ3n) is 2.81. The average Bonchev–Trinajstić information content (AvgIpc) is 2.76. The first-order valence-corrected chi connectivity index (χ1v) is 8.38. The van der Waals surface area contributed by atoms with Crippen molar-refractivity contribution in [2.24, 2.45) is 5.92 Å². The molecule has 0 bridgehead atoms. The van der Waals surface area contributed by atoms with Gasteiger partial charge in [0.25, 0.3) is 0 Å². The van der Waals surface area contributed by atoms with Gasteiger partial charge in [0.15, 0.2) is 4.47 Å². The smallest absolute Gasteiger partial charge is 0.183 e. The zero-order valence-electron chi connectivity index (χ0n) is 12.3. The summed E-state index contributed by atoms with van der Waals surface area (Å²) < 4.78 is 0.583. The van der Waals surface area contributed by atoms with E-state index in [2.05, 4.69) is 30.3 Å². The average molecular weight is 333 g/mol. The van der Waals surface area contributed by atoms with Crippen molar-refractivity contribution < 1.29 is 0 Å². The molecule has 0 saturated carbocycles. The number of rotatable bonds is 8. The fourth-order valence-corrected chi connectivity index (χ4v) is 2.70. The second kappa shape index (κ2) is 8.71. The van der Waals surface area contributed by atoms with Crippen LogP contribution in [0.3, 0.4) is 0 Å². The summed E-state index contributed by atoms with van der Waals surface area (Å²) in [6, 6.07) is 0. The lowest BCUT2D eigenvalue weighted by Gasteiger charge is -2.25. The molecule has 0 saturated heterocycles. The zero-order chi connectivity index (χ0) is 15.1. The van der Waals surface area contributed by atoms with E-state index in [1.165, 1.54) is 11.3 Å². The van der Waals surface area contributed by atoms with E-state index < -0.39 is 0 Å². The molecule has 0 radical (unpaired) electrons. The van der Waals surface area contributed by atoms with Crippen LogP contribution in [0.2, 0.25) is 4.47 Å². The Morgan fingerprint density at radius 3 is 2.70 bits per heavy atom. The van der Waals surface area contributed by atoms with Crippen LogP contribution in [0, 0.1) is 5.92 Å². The minimum atomic E-state index is 0.0107. The number of nitrogens with zero attached hydrogens (tertiary/aromatic N) is 2. The molecule has 5 heteroatoms. The summed E-state index contributed by atoms with van der Waals surface area (Å²) in [5.41, 5.74) is 0.975. The summed E-state index contributed by atoms with van der Waals surface area (Å²) in [7, 11) is 0. The highest BCUT2D eigenvalue weighted by Crippen LogP contribution is 2.22. The van der Waals surface area contributed by atoms with Gasteiger partial charge in [0.05, 0.1) is 6.54 Å². The van der Waals surface area contributed by atoms with Crippen LogP contribution in [0.1, 0.15) is 32.1 Å². The molecule has 1 unspecified atom stereocenters. The van der Waals surface area contributed by atoms with Crippen molar-refractivity contribution in [3.63, 3.8) is 0 Å². The van der Waals surface area contributed by atoms with Crippen LogP contribution in [0.4, 0.5) is 0 Å². The topological polar surface area (TPSA) is 16.1 Å². The highest BCUT2D eigenvalue weighted by molar-refractivity contribution is 7.15. The normalized spacial score (nSPS) is 13.1. The van der Waals surface area contributed by atoms with E-state index in [0.29, 0.717) is 10.4 Å². The fourth-order valence-electron chi connectivity index (χ4n) is 1.63. The molecule has 112 valence electrons. The first kappa shape index (κ1) is 17.5. The lowest BCUT2D eigenvalue weighted by atomic mass is 10.1. The van der Waals surface area contributed by atoms with E-state index in [9.17, 15) is 0 Å². The molecular weight excluding hydrogens is 311 g/mol. The lowest BCUT2D eigenvalue weighted by Crippen LogP contribution is -2.23. The SMILES string of the molecule is C=C(/C=C/C(C)Cl)N(CCC(C)C)Cc1cnc(Cl)s1. The van der Waals surface area contributed by atoms with Crippen molar-refractivity contribution in [3.05, 3.63) is 40.0 Å². The number of hydrogen-bond donors (Lipinski definition) is 0. The van der Waals surface area contributed by atoms with Gasteiger partial charge in [-0.15, -0.1) is 22.9 Å². The van der Waals surface area contributed by atoms with Crippen LogP contribution >= 0.6 is 34.5 Å². The lowest BCUT2D eigenvalue weighted by molar-refractivity contribution is 0.324. The Kier molecular flexibility index (Phi) is 7.63. The molecule has 1 rings (SSSR count). The molecule has 0 spiro atoms. The minimum Gasteiger partial charge on any atom is -0.367 e. The van der Waals surface area contributed by atoms with Crippen LogP contribution in [0.5, 0.6) is 0 Å². The van der Waals surface area contributed by atoms with Crippen LogP contribution < -0.4 is 0 Å². The molecule has 1 aromatic heterocycles. The molecule has 1 heterocycles. The third-order valence-corrected chi connectivity index (χ3v) is 4.05. The predicted molar refractivity (Wildman–Crippen MR) is 90.6 cm³/mol. The van der Waals surface area contributed by atoms with E-state index in [1.54, 1.807) is 0 Å². The van der Waals surface area contributed by atoms with Gasteiger partial charge >= 0.3 is 0 Å². The van der Waals surface area contributed by atoms with Gasteiger partial charge in [0.1, 0.15) is 0 Å². The maximum atomic E-state index is 5.95. The van der Waals surface area contributed by atoms with Crippen LogP contribution in [-0.4, -0.2) is 21.8 Å². The summed E-state index contributed by atoms with van der Waals surface area (Å²) in [5.74, 6) is 0.659. The van der Waals surface area contributed by atoms with Gasteiger partial charge in [0.2, 0.25) is 0 Å². The number of alkyl halides is 1. The fraction of sp³-hybridized carbons (Fsp3) is 0.533. The zero-order valence-corrected chi connectivity index (χ0v) is 14.6. The summed E-state index contributed by atoms with van der Waals surface area (Å²) in [6.07, 6.45) is 6.89. The Hall–Kier alpha value is -0.510. The van der Waals surface area contributed by atoms with Crippen LogP contribution in [0.15, 0.2) is 30.6 Å². The second-order valence-corrected chi connectivity index (χ2v) is 7.60. The monoisotopic (exact) mass is 332 g/mol. The number of hydrogen-bond acceptors (Lipinski definition) is 3. The highest BCUT2D eigenvalue weighted by atomic mass is 35.5. The summed E-state index contributed by atoms with van der Waals surface area (Å²) >= 11 is 13.3. The summed E-state index contributed by atoms with van der Waals surface area (Å²) in [5, 5.41) is 0.0107. The molecule has 0 aliphatic heterocycles.